The minimum atomic E-state index is -0.707. The molecule has 0 atom stereocenters. The van der Waals surface area contributed by atoms with Gasteiger partial charge in [0.05, 0.1) is 6.42 Å². The van der Waals surface area contributed by atoms with Crippen molar-refractivity contribution in [1.29, 1.82) is 0 Å². The zero-order chi connectivity index (χ0) is 13.8. The Balaban J connectivity index is 2.65. The first-order chi connectivity index (χ1) is 8.34. The Labute approximate surface area is 105 Å². The number of rotatable bonds is 5. The number of benzene rings is 1. The van der Waals surface area contributed by atoms with E-state index >= 15 is 0 Å². The number of nitrogens with one attached hydrogen (secondary N) is 1. The van der Waals surface area contributed by atoms with E-state index in [2.05, 4.69) is 5.32 Å². The molecule has 0 aromatic heterocycles. The molecule has 0 aliphatic carbocycles. The van der Waals surface area contributed by atoms with E-state index in [0.29, 0.717) is 13.0 Å². The zero-order valence-corrected chi connectivity index (χ0v) is 10.6. The van der Waals surface area contributed by atoms with Gasteiger partial charge < -0.3 is 11.1 Å². The van der Waals surface area contributed by atoms with Gasteiger partial charge in [-0.1, -0.05) is 6.07 Å². The van der Waals surface area contributed by atoms with E-state index in [-0.39, 0.29) is 17.9 Å². The van der Waals surface area contributed by atoms with E-state index in [0.717, 1.165) is 12.1 Å². The van der Waals surface area contributed by atoms with Gasteiger partial charge in [0.25, 0.3) is 0 Å². The molecule has 0 radical (unpaired) electrons. The summed E-state index contributed by atoms with van der Waals surface area (Å²) in [6.07, 6.45) is 0.519. The summed E-state index contributed by atoms with van der Waals surface area (Å²) >= 11 is 0. The Morgan fingerprint density at radius 2 is 2.06 bits per heavy atom. The lowest BCUT2D eigenvalue weighted by Gasteiger charge is -2.25. The fourth-order valence-electron chi connectivity index (χ4n) is 1.68. The molecule has 0 fully saturated rings. The van der Waals surface area contributed by atoms with Crippen LogP contribution in [-0.4, -0.2) is 18.0 Å². The van der Waals surface area contributed by atoms with E-state index in [4.69, 9.17) is 5.73 Å². The van der Waals surface area contributed by atoms with E-state index in [1.165, 1.54) is 6.07 Å². The summed E-state index contributed by atoms with van der Waals surface area (Å²) in [5, 5.41) is 2.77. The van der Waals surface area contributed by atoms with Crippen LogP contribution in [0.25, 0.3) is 0 Å². The van der Waals surface area contributed by atoms with Crippen molar-refractivity contribution in [1.82, 2.24) is 5.32 Å². The fraction of sp³-hybridized carbons (Fsp3) is 0.462. The Bertz CT molecular complexity index is 433. The number of carbonyl (C=O) groups excluding carboxylic acids is 1. The van der Waals surface area contributed by atoms with Crippen molar-refractivity contribution >= 4 is 5.91 Å². The molecule has 3 N–H and O–H groups in total. The molecule has 5 heteroatoms. The maximum absolute atomic E-state index is 13.4. The van der Waals surface area contributed by atoms with Gasteiger partial charge in [-0.3, -0.25) is 4.79 Å². The molecule has 1 aromatic rings. The third-order valence-electron chi connectivity index (χ3n) is 2.61. The smallest absolute Gasteiger partial charge is 0.224 e. The maximum atomic E-state index is 13.4. The highest BCUT2D eigenvalue weighted by Gasteiger charge is 2.20. The first kappa shape index (κ1) is 14.6. The average molecular weight is 256 g/mol. The summed E-state index contributed by atoms with van der Waals surface area (Å²) in [5.41, 5.74) is 5.18. The van der Waals surface area contributed by atoms with Gasteiger partial charge in [-0.2, -0.15) is 0 Å². The van der Waals surface area contributed by atoms with Gasteiger partial charge in [-0.25, -0.2) is 8.78 Å². The Morgan fingerprint density at radius 3 is 2.61 bits per heavy atom. The summed E-state index contributed by atoms with van der Waals surface area (Å²) in [5.74, 6) is -1.67. The number of carbonyl (C=O) groups is 1. The standard InChI is InChI=1S/C13H18F2N2O/c1-13(2,5-6-16)17-12(18)7-9-3-4-10(14)8-11(9)15/h3-4,8H,5-7,16H2,1-2H3,(H,17,18). The first-order valence-corrected chi connectivity index (χ1v) is 5.79. The topological polar surface area (TPSA) is 55.1 Å². The predicted molar refractivity (Wildman–Crippen MR) is 66.0 cm³/mol. The summed E-state index contributed by atoms with van der Waals surface area (Å²) in [7, 11) is 0. The quantitative estimate of drug-likeness (QED) is 0.843. The van der Waals surface area contributed by atoms with Crippen molar-refractivity contribution in [3.63, 3.8) is 0 Å². The first-order valence-electron chi connectivity index (χ1n) is 5.79. The van der Waals surface area contributed by atoms with E-state index in [1.807, 2.05) is 13.8 Å². The molecule has 0 saturated carbocycles. The van der Waals surface area contributed by atoms with Crippen molar-refractivity contribution in [2.45, 2.75) is 32.2 Å². The number of hydrogen-bond donors (Lipinski definition) is 2. The number of nitrogens with two attached hydrogens (primary N) is 1. The monoisotopic (exact) mass is 256 g/mol. The van der Waals surface area contributed by atoms with Crippen LogP contribution >= 0.6 is 0 Å². The van der Waals surface area contributed by atoms with Crippen LogP contribution in [0.5, 0.6) is 0 Å². The molecule has 1 rings (SSSR count). The van der Waals surface area contributed by atoms with Crippen LogP contribution in [0.3, 0.4) is 0 Å². The summed E-state index contributed by atoms with van der Waals surface area (Å²) in [4.78, 5) is 11.7. The molecule has 1 amide bonds. The van der Waals surface area contributed by atoms with E-state index < -0.39 is 17.2 Å². The molecule has 3 nitrogen and oxygen atoms in total. The van der Waals surface area contributed by atoms with Gasteiger partial charge in [-0.15, -0.1) is 0 Å². The average Bonchev–Trinajstić information content (AvgIpc) is 2.21. The lowest BCUT2D eigenvalue weighted by Crippen LogP contribution is -2.45. The zero-order valence-electron chi connectivity index (χ0n) is 10.6. The molecule has 0 heterocycles. The van der Waals surface area contributed by atoms with Crippen LogP contribution in [0.2, 0.25) is 0 Å². The van der Waals surface area contributed by atoms with Crippen molar-refractivity contribution in [3.05, 3.63) is 35.4 Å². The number of halogens is 2. The Kier molecular flexibility index (Phi) is 4.78. The third-order valence-corrected chi connectivity index (χ3v) is 2.61. The third kappa shape index (κ3) is 4.41. The Morgan fingerprint density at radius 1 is 1.39 bits per heavy atom. The molecular formula is C13H18F2N2O. The second-order valence-corrected chi connectivity index (χ2v) is 4.88. The van der Waals surface area contributed by atoms with Crippen LogP contribution in [0.15, 0.2) is 18.2 Å². The van der Waals surface area contributed by atoms with Crippen LogP contribution in [-0.2, 0) is 11.2 Å². The number of hydrogen-bond acceptors (Lipinski definition) is 2. The largest absolute Gasteiger partial charge is 0.351 e. The van der Waals surface area contributed by atoms with Gasteiger partial charge in [-0.05, 0) is 38.4 Å². The molecule has 18 heavy (non-hydrogen) atoms. The maximum Gasteiger partial charge on any atom is 0.224 e. The van der Waals surface area contributed by atoms with Crippen molar-refractivity contribution < 1.29 is 13.6 Å². The van der Waals surface area contributed by atoms with Gasteiger partial charge in [0.15, 0.2) is 0 Å². The van der Waals surface area contributed by atoms with E-state index in [9.17, 15) is 13.6 Å². The number of amides is 1. The summed E-state index contributed by atoms with van der Waals surface area (Å²) in [6, 6.07) is 3.19. The molecule has 100 valence electrons. The SMILES string of the molecule is CC(C)(CCN)NC(=O)Cc1ccc(F)cc1F. The molecule has 0 aliphatic heterocycles. The second-order valence-electron chi connectivity index (χ2n) is 4.88. The van der Waals surface area contributed by atoms with Crippen LogP contribution in [0, 0.1) is 11.6 Å². The van der Waals surface area contributed by atoms with Gasteiger partial charge in [0.1, 0.15) is 11.6 Å². The fourth-order valence-corrected chi connectivity index (χ4v) is 1.68. The van der Waals surface area contributed by atoms with Crippen molar-refractivity contribution in [3.8, 4) is 0 Å². The minimum Gasteiger partial charge on any atom is -0.351 e. The molecule has 1 aromatic carbocycles. The minimum absolute atomic E-state index is 0.111. The molecule has 0 aliphatic rings. The Hall–Kier alpha value is -1.49. The van der Waals surface area contributed by atoms with Gasteiger partial charge in [0.2, 0.25) is 5.91 Å². The molecule has 0 spiro atoms. The van der Waals surface area contributed by atoms with Crippen molar-refractivity contribution in [2.24, 2.45) is 5.73 Å². The molecule has 0 unspecified atom stereocenters. The highest BCUT2D eigenvalue weighted by Crippen LogP contribution is 2.12. The lowest BCUT2D eigenvalue weighted by atomic mass is 10.00. The van der Waals surface area contributed by atoms with Crippen LogP contribution in [0.1, 0.15) is 25.8 Å². The van der Waals surface area contributed by atoms with Gasteiger partial charge in [0, 0.05) is 11.6 Å². The second kappa shape index (κ2) is 5.91. The van der Waals surface area contributed by atoms with E-state index in [1.54, 1.807) is 0 Å². The van der Waals surface area contributed by atoms with Crippen LogP contribution < -0.4 is 11.1 Å². The van der Waals surface area contributed by atoms with Gasteiger partial charge >= 0.3 is 0 Å². The molecular weight excluding hydrogens is 238 g/mol. The van der Waals surface area contributed by atoms with Crippen molar-refractivity contribution in [2.75, 3.05) is 6.54 Å². The predicted octanol–water partition coefficient (Wildman–Crippen LogP) is 1.75. The highest BCUT2D eigenvalue weighted by molar-refractivity contribution is 5.79. The molecule has 0 bridgehead atoms. The van der Waals surface area contributed by atoms with Crippen LogP contribution in [0.4, 0.5) is 8.78 Å². The lowest BCUT2D eigenvalue weighted by molar-refractivity contribution is -0.122. The highest BCUT2D eigenvalue weighted by atomic mass is 19.1. The normalized spacial score (nSPS) is 11.4. The summed E-state index contributed by atoms with van der Waals surface area (Å²) < 4.78 is 26.1. The summed E-state index contributed by atoms with van der Waals surface area (Å²) in [6.45, 7) is 4.15. The molecule has 0 saturated heterocycles.